The number of morpholine rings is 1. The summed E-state index contributed by atoms with van der Waals surface area (Å²) in [6.45, 7) is 10.3. The highest BCUT2D eigenvalue weighted by molar-refractivity contribution is 5.94. The van der Waals surface area contributed by atoms with Crippen molar-refractivity contribution >= 4 is 11.9 Å². The number of carbonyl (C=O) groups is 1. The van der Waals surface area contributed by atoms with Gasteiger partial charge in [0.25, 0.3) is 5.91 Å². The van der Waals surface area contributed by atoms with Crippen LogP contribution in [0.1, 0.15) is 49.5 Å². The maximum Gasteiger partial charge on any atom is 0.254 e. The molecule has 2 heterocycles. The minimum absolute atomic E-state index is 0.0635. The quantitative estimate of drug-likeness (QED) is 0.563. The van der Waals surface area contributed by atoms with E-state index >= 15 is 0 Å². The lowest BCUT2D eigenvalue weighted by Crippen LogP contribution is -2.48. The van der Waals surface area contributed by atoms with Gasteiger partial charge >= 0.3 is 0 Å². The molecule has 2 aliphatic rings. The van der Waals surface area contributed by atoms with Gasteiger partial charge in [0.15, 0.2) is 5.96 Å². The second-order valence-electron chi connectivity index (χ2n) is 7.88. The van der Waals surface area contributed by atoms with Crippen molar-refractivity contribution in [3.8, 4) is 0 Å². The van der Waals surface area contributed by atoms with E-state index in [4.69, 9.17) is 9.47 Å². The third kappa shape index (κ3) is 6.44. The third-order valence-corrected chi connectivity index (χ3v) is 5.19. The van der Waals surface area contributed by atoms with E-state index in [2.05, 4.69) is 22.5 Å². The highest BCUT2D eigenvalue weighted by Gasteiger charge is 2.26. The average molecular weight is 403 g/mol. The number of ether oxygens (including phenoxy) is 2. The van der Waals surface area contributed by atoms with Crippen molar-refractivity contribution in [2.75, 3.05) is 32.8 Å². The Morgan fingerprint density at radius 2 is 1.90 bits per heavy atom. The van der Waals surface area contributed by atoms with Crippen LogP contribution in [0.15, 0.2) is 29.3 Å². The molecule has 3 unspecified atom stereocenters. The number of rotatable bonds is 6. The Kier molecular flexibility index (Phi) is 7.89. The lowest BCUT2D eigenvalue weighted by atomic mass is 10.1. The van der Waals surface area contributed by atoms with Crippen LogP contribution in [0.4, 0.5) is 0 Å². The molecule has 1 amide bonds. The van der Waals surface area contributed by atoms with E-state index < -0.39 is 0 Å². The van der Waals surface area contributed by atoms with E-state index in [1.165, 1.54) is 0 Å². The van der Waals surface area contributed by atoms with Gasteiger partial charge in [-0.05, 0) is 51.3 Å². The van der Waals surface area contributed by atoms with E-state index in [1.54, 1.807) is 0 Å². The number of benzene rings is 1. The first-order valence-corrected chi connectivity index (χ1v) is 10.7. The summed E-state index contributed by atoms with van der Waals surface area (Å²) >= 11 is 0. The fourth-order valence-corrected chi connectivity index (χ4v) is 3.81. The molecule has 2 saturated heterocycles. The maximum atomic E-state index is 12.8. The number of guanidine groups is 1. The number of hydrogen-bond donors (Lipinski definition) is 2. The molecule has 0 aromatic heterocycles. The average Bonchev–Trinajstić information content (AvgIpc) is 3.23. The Morgan fingerprint density at radius 3 is 2.52 bits per heavy atom. The van der Waals surface area contributed by atoms with Crippen molar-refractivity contribution in [3.63, 3.8) is 0 Å². The number of nitrogens with zero attached hydrogens (tertiary/aromatic N) is 2. The van der Waals surface area contributed by atoms with Gasteiger partial charge in [-0.1, -0.05) is 12.1 Å². The van der Waals surface area contributed by atoms with Crippen molar-refractivity contribution in [2.45, 2.75) is 58.5 Å². The van der Waals surface area contributed by atoms with Crippen LogP contribution in [0, 0.1) is 0 Å². The highest BCUT2D eigenvalue weighted by atomic mass is 16.5. The summed E-state index contributed by atoms with van der Waals surface area (Å²) in [7, 11) is 0. The molecule has 0 radical (unpaired) electrons. The maximum absolute atomic E-state index is 12.8. The second-order valence-corrected chi connectivity index (χ2v) is 7.88. The SMILES string of the molecule is CCNC(=NCc1ccc(C(=O)N2CC(C)OC(C)C2)cc1)NCC1CCCO1. The molecule has 3 rings (SSSR count). The standard InChI is InChI=1S/C22H34N4O3/c1-4-23-22(25-13-20-6-5-11-28-20)24-12-18-7-9-19(10-8-18)21(27)26-14-16(2)29-17(3)15-26/h7-10,16-17,20H,4-6,11-15H2,1-3H3,(H2,23,24,25). The lowest BCUT2D eigenvalue weighted by Gasteiger charge is -2.35. The van der Waals surface area contributed by atoms with Gasteiger partial charge < -0.3 is 25.0 Å². The van der Waals surface area contributed by atoms with E-state index in [0.29, 0.717) is 25.2 Å². The number of hydrogen-bond acceptors (Lipinski definition) is 4. The Labute approximate surface area is 173 Å². The summed E-state index contributed by atoms with van der Waals surface area (Å²) in [4.78, 5) is 19.3. The van der Waals surface area contributed by atoms with Gasteiger partial charge in [-0.2, -0.15) is 0 Å². The molecule has 1 aromatic rings. The zero-order chi connectivity index (χ0) is 20.6. The van der Waals surface area contributed by atoms with E-state index in [9.17, 15) is 4.79 Å². The Hall–Kier alpha value is -2.12. The molecule has 29 heavy (non-hydrogen) atoms. The molecule has 7 heteroatoms. The van der Waals surface area contributed by atoms with Crippen LogP contribution in [0.25, 0.3) is 0 Å². The van der Waals surface area contributed by atoms with Crippen LogP contribution in [0.3, 0.4) is 0 Å². The highest BCUT2D eigenvalue weighted by Crippen LogP contribution is 2.15. The minimum atomic E-state index is 0.0635. The predicted octanol–water partition coefficient (Wildman–Crippen LogP) is 2.17. The molecule has 2 N–H and O–H groups in total. The molecular weight excluding hydrogens is 368 g/mol. The first-order valence-electron chi connectivity index (χ1n) is 10.7. The number of carbonyl (C=O) groups excluding carboxylic acids is 1. The summed E-state index contributed by atoms with van der Waals surface area (Å²) in [6, 6.07) is 7.75. The van der Waals surface area contributed by atoms with Gasteiger partial charge in [-0.15, -0.1) is 0 Å². The fraction of sp³-hybridized carbons (Fsp3) is 0.636. The second kappa shape index (κ2) is 10.6. The van der Waals surface area contributed by atoms with Gasteiger partial charge in [0.1, 0.15) is 0 Å². The van der Waals surface area contributed by atoms with Gasteiger partial charge in [0.05, 0.1) is 24.9 Å². The molecule has 0 bridgehead atoms. The van der Waals surface area contributed by atoms with Crippen LogP contribution in [0.5, 0.6) is 0 Å². The zero-order valence-corrected chi connectivity index (χ0v) is 17.8. The van der Waals surface area contributed by atoms with Crippen molar-refractivity contribution in [2.24, 2.45) is 4.99 Å². The molecule has 160 valence electrons. The van der Waals surface area contributed by atoms with Crippen LogP contribution >= 0.6 is 0 Å². The van der Waals surface area contributed by atoms with Crippen LogP contribution < -0.4 is 10.6 Å². The van der Waals surface area contributed by atoms with Crippen molar-refractivity contribution in [3.05, 3.63) is 35.4 Å². The fourth-order valence-electron chi connectivity index (χ4n) is 3.81. The van der Waals surface area contributed by atoms with Crippen molar-refractivity contribution < 1.29 is 14.3 Å². The smallest absolute Gasteiger partial charge is 0.254 e. The minimum Gasteiger partial charge on any atom is -0.376 e. The number of aliphatic imine (C=N–C) groups is 1. The third-order valence-electron chi connectivity index (χ3n) is 5.19. The first-order chi connectivity index (χ1) is 14.0. The summed E-state index contributed by atoms with van der Waals surface area (Å²) in [5, 5.41) is 6.62. The molecule has 0 aliphatic carbocycles. The monoisotopic (exact) mass is 402 g/mol. The summed E-state index contributed by atoms with van der Waals surface area (Å²) in [6.07, 6.45) is 2.65. The summed E-state index contributed by atoms with van der Waals surface area (Å²) in [5.74, 6) is 0.855. The molecular formula is C22H34N4O3. The van der Waals surface area contributed by atoms with Gasteiger partial charge in [0, 0.05) is 38.3 Å². The molecule has 2 fully saturated rings. The van der Waals surface area contributed by atoms with Gasteiger partial charge in [-0.25, -0.2) is 4.99 Å². The van der Waals surface area contributed by atoms with E-state index in [-0.39, 0.29) is 24.2 Å². The van der Waals surface area contributed by atoms with Crippen molar-refractivity contribution in [1.82, 2.24) is 15.5 Å². The molecule has 3 atom stereocenters. The largest absolute Gasteiger partial charge is 0.376 e. The van der Waals surface area contributed by atoms with Crippen LogP contribution in [0.2, 0.25) is 0 Å². The van der Waals surface area contributed by atoms with E-state index in [0.717, 1.165) is 44.1 Å². The molecule has 7 nitrogen and oxygen atoms in total. The predicted molar refractivity (Wildman–Crippen MR) is 114 cm³/mol. The normalized spacial score (nSPS) is 25.1. The van der Waals surface area contributed by atoms with Gasteiger partial charge in [0.2, 0.25) is 0 Å². The lowest BCUT2D eigenvalue weighted by molar-refractivity contribution is -0.0586. The molecule has 2 aliphatic heterocycles. The van der Waals surface area contributed by atoms with Crippen LogP contribution in [-0.2, 0) is 16.0 Å². The number of amides is 1. The Bertz CT molecular complexity index is 676. The van der Waals surface area contributed by atoms with Crippen molar-refractivity contribution in [1.29, 1.82) is 0 Å². The molecule has 0 saturated carbocycles. The summed E-state index contributed by atoms with van der Waals surface area (Å²) < 4.78 is 11.4. The molecule has 0 spiro atoms. The van der Waals surface area contributed by atoms with Crippen LogP contribution in [-0.4, -0.2) is 67.9 Å². The zero-order valence-electron chi connectivity index (χ0n) is 17.8. The topological polar surface area (TPSA) is 75.2 Å². The number of nitrogens with one attached hydrogen (secondary N) is 2. The first kappa shape index (κ1) is 21.6. The Balaban J connectivity index is 1.55. The van der Waals surface area contributed by atoms with Gasteiger partial charge in [-0.3, -0.25) is 4.79 Å². The Morgan fingerprint density at radius 1 is 1.17 bits per heavy atom. The van der Waals surface area contributed by atoms with E-state index in [1.807, 2.05) is 43.0 Å². The molecule has 1 aromatic carbocycles. The summed E-state index contributed by atoms with van der Waals surface area (Å²) in [5.41, 5.74) is 1.78.